The Balaban J connectivity index is 2.09. The number of nitrogens with one attached hydrogen (secondary N) is 1. The highest BCUT2D eigenvalue weighted by atomic mass is 79.9. The molecule has 4 nitrogen and oxygen atoms in total. The third-order valence-electron chi connectivity index (χ3n) is 2.89. The van der Waals surface area contributed by atoms with E-state index < -0.39 is 10.0 Å². The van der Waals surface area contributed by atoms with E-state index in [0.717, 1.165) is 23.3 Å². The maximum absolute atomic E-state index is 12.2. The van der Waals surface area contributed by atoms with Gasteiger partial charge in [-0.2, -0.15) is 4.31 Å². The number of nitrogens with zero attached hydrogens (tertiary/aromatic N) is 1. The molecule has 17 heavy (non-hydrogen) atoms. The zero-order valence-electron chi connectivity index (χ0n) is 9.52. The van der Waals surface area contributed by atoms with Gasteiger partial charge >= 0.3 is 0 Å². The lowest BCUT2D eigenvalue weighted by molar-refractivity contribution is 0.400. The van der Waals surface area contributed by atoms with Crippen molar-refractivity contribution in [3.05, 3.63) is 15.9 Å². The van der Waals surface area contributed by atoms with Crippen LogP contribution in [0.5, 0.6) is 0 Å². The second-order valence-corrected chi connectivity index (χ2v) is 8.94. The van der Waals surface area contributed by atoms with Crippen molar-refractivity contribution < 1.29 is 8.42 Å². The average molecular weight is 339 g/mol. The summed E-state index contributed by atoms with van der Waals surface area (Å²) in [5.74, 6) is 0.429. The summed E-state index contributed by atoms with van der Waals surface area (Å²) in [6.07, 6.45) is 1.05. The predicted octanol–water partition coefficient (Wildman–Crippen LogP) is 1.74. The van der Waals surface area contributed by atoms with Crippen LogP contribution in [-0.4, -0.2) is 39.4 Å². The SMILES string of the molecule is CN(C[C@@H]1CCNC1)S(=O)(=O)c1ccc(Br)s1. The molecule has 2 heterocycles. The number of hydrogen-bond donors (Lipinski definition) is 1. The van der Waals surface area contributed by atoms with Gasteiger partial charge in [-0.15, -0.1) is 11.3 Å². The van der Waals surface area contributed by atoms with E-state index in [2.05, 4.69) is 21.2 Å². The van der Waals surface area contributed by atoms with E-state index in [4.69, 9.17) is 0 Å². The maximum atomic E-state index is 12.2. The fourth-order valence-electron chi connectivity index (χ4n) is 1.92. The van der Waals surface area contributed by atoms with Crippen LogP contribution in [0.3, 0.4) is 0 Å². The number of halogens is 1. The van der Waals surface area contributed by atoms with E-state index >= 15 is 0 Å². The van der Waals surface area contributed by atoms with Crippen molar-refractivity contribution in [2.24, 2.45) is 5.92 Å². The van der Waals surface area contributed by atoms with Crippen LogP contribution in [0.4, 0.5) is 0 Å². The first-order valence-electron chi connectivity index (χ1n) is 5.42. The lowest BCUT2D eigenvalue weighted by Gasteiger charge is -2.19. The molecule has 1 fully saturated rings. The van der Waals surface area contributed by atoms with Gasteiger partial charge in [-0.25, -0.2) is 8.42 Å². The highest BCUT2D eigenvalue weighted by molar-refractivity contribution is 9.11. The minimum Gasteiger partial charge on any atom is -0.316 e. The molecule has 0 unspecified atom stereocenters. The van der Waals surface area contributed by atoms with Gasteiger partial charge in [-0.3, -0.25) is 0 Å². The summed E-state index contributed by atoms with van der Waals surface area (Å²) in [4.78, 5) is 0. The Kier molecular flexibility index (Phi) is 4.25. The summed E-state index contributed by atoms with van der Waals surface area (Å²) in [7, 11) is -1.66. The minimum absolute atomic E-state index is 0.401. The molecule has 1 aromatic heterocycles. The molecule has 1 saturated heterocycles. The lowest BCUT2D eigenvalue weighted by atomic mass is 10.1. The smallest absolute Gasteiger partial charge is 0.252 e. The molecule has 0 radical (unpaired) electrons. The molecule has 96 valence electrons. The first kappa shape index (κ1) is 13.5. The van der Waals surface area contributed by atoms with Gasteiger partial charge in [0.25, 0.3) is 10.0 Å². The van der Waals surface area contributed by atoms with Gasteiger partial charge in [0, 0.05) is 13.6 Å². The molecule has 7 heteroatoms. The van der Waals surface area contributed by atoms with Crippen LogP contribution >= 0.6 is 27.3 Å². The first-order valence-corrected chi connectivity index (χ1v) is 8.47. The third-order valence-corrected chi connectivity index (χ3v) is 6.81. The Bertz CT molecular complexity index is 480. The van der Waals surface area contributed by atoms with Crippen molar-refractivity contribution in [1.82, 2.24) is 9.62 Å². The van der Waals surface area contributed by atoms with E-state index in [1.807, 2.05) is 0 Å². The van der Waals surface area contributed by atoms with Gasteiger partial charge in [-0.1, -0.05) is 0 Å². The highest BCUT2D eigenvalue weighted by Gasteiger charge is 2.26. The summed E-state index contributed by atoms with van der Waals surface area (Å²) in [6.45, 7) is 2.49. The zero-order valence-corrected chi connectivity index (χ0v) is 12.7. The van der Waals surface area contributed by atoms with E-state index in [1.54, 1.807) is 19.2 Å². The first-order chi connectivity index (χ1) is 8.00. The molecule has 0 aromatic carbocycles. The summed E-state index contributed by atoms with van der Waals surface area (Å²) >= 11 is 4.54. The largest absolute Gasteiger partial charge is 0.316 e. The maximum Gasteiger partial charge on any atom is 0.252 e. The number of rotatable bonds is 4. The Morgan fingerprint density at radius 1 is 1.59 bits per heavy atom. The topological polar surface area (TPSA) is 49.4 Å². The van der Waals surface area contributed by atoms with Gasteiger partial charge in [-0.05, 0) is 53.5 Å². The molecular formula is C10H15BrN2O2S2. The van der Waals surface area contributed by atoms with Crippen molar-refractivity contribution in [1.29, 1.82) is 0 Å². The van der Waals surface area contributed by atoms with Crippen LogP contribution in [-0.2, 0) is 10.0 Å². The van der Waals surface area contributed by atoms with Gasteiger partial charge in [0.2, 0.25) is 0 Å². The fraction of sp³-hybridized carbons (Fsp3) is 0.600. The van der Waals surface area contributed by atoms with Crippen LogP contribution in [0.2, 0.25) is 0 Å². The van der Waals surface area contributed by atoms with Crippen molar-refractivity contribution in [2.45, 2.75) is 10.6 Å². The number of hydrogen-bond acceptors (Lipinski definition) is 4. The van der Waals surface area contributed by atoms with Gasteiger partial charge < -0.3 is 5.32 Å². The molecule has 0 spiro atoms. The number of sulfonamides is 1. The van der Waals surface area contributed by atoms with Crippen molar-refractivity contribution in [3.63, 3.8) is 0 Å². The third kappa shape index (κ3) is 3.08. The molecule has 1 atom stereocenters. The van der Waals surface area contributed by atoms with E-state index in [0.29, 0.717) is 16.7 Å². The number of thiophene rings is 1. The normalized spacial score (nSPS) is 21.2. The molecule has 2 rings (SSSR count). The summed E-state index contributed by atoms with van der Waals surface area (Å²) in [6, 6.07) is 3.41. The van der Waals surface area contributed by atoms with Gasteiger partial charge in [0.15, 0.2) is 0 Å². The zero-order chi connectivity index (χ0) is 12.5. The quantitative estimate of drug-likeness (QED) is 0.909. The second kappa shape index (κ2) is 5.36. The molecule has 1 aromatic rings. The van der Waals surface area contributed by atoms with Crippen LogP contribution < -0.4 is 5.32 Å². The Labute approximate surface area is 114 Å². The Morgan fingerprint density at radius 2 is 2.35 bits per heavy atom. The molecule has 1 aliphatic heterocycles. The lowest BCUT2D eigenvalue weighted by Crippen LogP contribution is -2.32. The van der Waals surface area contributed by atoms with E-state index in [1.165, 1.54) is 15.6 Å². The van der Waals surface area contributed by atoms with E-state index in [9.17, 15) is 8.42 Å². The summed E-state index contributed by atoms with van der Waals surface area (Å²) in [5, 5.41) is 3.25. The molecule has 1 aliphatic rings. The minimum atomic E-state index is -3.31. The monoisotopic (exact) mass is 338 g/mol. The molecule has 0 aliphatic carbocycles. The summed E-state index contributed by atoms with van der Waals surface area (Å²) < 4.78 is 27.2. The second-order valence-electron chi connectivity index (χ2n) is 4.20. The van der Waals surface area contributed by atoms with Crippen molar-refractivity contribution >= 4 is 37.3 Å². The van der Waals surface area contributed by atoms with Crippen molar-refractivity contribution in [2.75, 3.05) is 26.7 Å². The van der Waals surface area contributed by atoms with Crippen LogP contribution in [0, 0.1) is 5.92 Å². The average Bonchev–Trinajstić information content (AvgIpc) is 2.89. The molecular weight excluding hydrogens is 324 g/mol. The fourth-order valence-corrected chi connectivity index (χ4v) is 5.39. The van der Waals surface area contributed by atoms with Gasteiger partial charge in [0.05, 0.1) is 3.79 Å². The predicted molar refractivity (Wildman–Crippen MR) is 72.8 cm³/mol. The molecule has 0 amide bonds. The highest BCUT2D eigenvalue weighted by Crippen LogP contribution is 2.28. The van der Waals surface area contributed by atoms with Crippen LogP contribution in [0.15, 0.2) is 20.1 Å². The Morgan fingerprint density at radius 3 is 2.88 bits per heavy atom. The standard InChI is InChI=1S/C10H15BrN2O2S2/c1-13(7-8-4-5-12-6-8)17(14,15)10-3-2-9(11)16-10/h2-3,8,12H,4-7H2,1H3/t8-/m1/s1. The van der Waals surface area contributed by atoms with Crippen LogP contribution in [0.1, 0.15) is 6.42 Å². The molecule has 1 N–H and O–H groups in total. The van der Waals surface area contributed by atoms with Crippen molar-refractivity contribution in [3.8, 4) is 0 Å². The summed E-state index contributed by atoms with van der Waals surface area (Å²) in [5.41, 5.74) is 0. The van der Waals surface area contributed by atoms with E-state index in [-0.39, 0.29) is 0 Å². The van der Waals surface area contributed by atoms with Crippen LogP contribution in [0.25, 0.3) is 0 Å². The molecule has 0 saturated carbocycles. The Hall–Kier alpha value is 0.0500. The molecule has 0 bridgehead atoms. The van der Waals surface area contributed by atoms with Gasteiger partial charge in [0.1, 0.15) is 4.21 Å².